The molecule has 0 heterocycles. The fourth-order valence-electron chi connectivity index (χ4n) is 1.74. The Morgan fingerprint density at radius 3 is 2.59 bits per heavy atom. The number of aliphatic imine (C=N–C) groups is 1. The first kappa shape index (κ1) is 18.0. The largest absolute Gasteiger partial charge is 0.383 e. The summed E-state index contributed by atoms with van der Waals surface area (Å²) in [7, 11) is 5.08. The lowest BCUT2D eigenvalue weighted by Gasteiger charge is -2.19. The summed E-state index contributed by atoms with van der Waals surface area (Å²) in [5.41, 5.74) is 1.16. The van der Waals surface area contributed by atoms with Gasteiger partial charge < -0.3 is 20.3 Å². The van der Waals surface area contributed by atoms with Gasteiger partial charge in [0.1, 0.15) is 6.54 Å². The van der Waals surface area contributed by atoms with E-state index < -0.39 is 0 Å². The van der Waals surface area contributed by atoms with E-state index in [4.69, 9.17) is 4.74 Å². The third-order valence-corrected chi connectivity index (χ3v) is 3.12. The maximum absolute atomic E-state index is 11.7. The van der Waals surface area contributed by atoms with E-state index in [9.17, 15) is 4.79 Å². The lowest BCUT2D eigenvalue weighted by atomic mass is 10.1. The summed E-state index contributed by atoms with van der Waals surface area (Å²) in [6, 6.07) is 10.2. The maximum Gasteiger partial charge on any atom is 0.243 e. The van der Waals surface area contributed by atoms with E-state index in [1.54, 1.807) is 21.2 Å². The van der Waals surface area contributed by atoms with Gasteiger partial charge >= 0.3 is 0 Å². The first-order valence-corrected chi connectivity index (χ1v) is 7.33. The third kappa shape index (κ3) is 6.58. The molecule has 1 aromatic carbocycles. The second kappa shape index (κ2) is 9.78. The summed E-state index contributed by atoms with van der Waals surface area (Å²) in [6.07, 6.45) is 0. The van der Waals surface area contributed by atoms with Crippen LogP contribution in [0.15, 0.2) is 35.3 Å². The van der Waals surface area contributed by atoms with Crippen molar-refractivity contribution in [1.82, 2.24) is 15.5 Å². The number of carbonyl (C=O) groups excluding carboxylic acids is 1. The van der Waals surface area contributed by atoms with Crippen LogP contribution in [0.2, 0.25) is 0 Å². The van der Waals surface area contributed by atoms with E-state index in [2.05, 4.69) is 34.7 Å². The number of nitrogens with zero attached hydrogens (tertiary/aromatic N) is 2. The van der Waals surface area contributed by atoms with Crippen LogP contribution in [0.3, 0.4) is 0 Å². The summed E-state index contributed by atoms with van der Waals surface area (Å²) < 4.78 is 5.03. The van der Waals surface area contributed by atoms with Crippen molar-refractivity contribution < 1.29 is 9.53 Å². The molecule has 1 unspecified atom stereocenters. The number of nitrogens with one attached hydrogen (secondary N) is 2. The zero-order valence-corrected chi connectivity index (χ0v) is 13.8. The van der Waals surface area contributed by atoms with Crippen molar-refractivity contribution in [1.29, 1.82) is 0 Å². The molecule has 2 N–H and O–H groups in total. The molecule has 22 heavy (non-hydrogen) atoms. The normalized spacial score (nSPS) is 12.6. The number of rotatable bonds is 7. The average molecular weight is 306 g/mol. The van der Waals surface area contributed by atoms with Crippen molar-refractivity contribution in [3.05, 3.63) is 35.9 Å². The predicted molar refractivity (Wildman–Crippen MR) is 88.9 cm³/mol. The molecular formula is C16H26N4O2. The number of ether oxygens (including phenoxy) is 1. The SMILES string of the molecule is COCCNC(=NCC(=O)N(C)C)NC(C)c1ccccc1. The number of carbonyl (C=O) groups is 1. The molecule has 6 nitrogen and oxygen atoms in total. The second-order valence-electron chi connectivity index (χ2n) is 5.15. The molecule has 0 bridgehead atoms. The first-order chi connectivity index (χ1) is 10.5. The highest BCUT2D eigenvalue weighted by molar-refractivity contribution is 5.85. The Kier molecular flexibility index (Phi) is 7.99. The molecule has 0 saturated carbocycles. The van der Waals surface area contributed by atoms with Crippen LogP contribution in [0.25, 0.3) is 0 Å². The van der Waals surface area contributed by atoms with Crippen LogP contribution in [-0.4, -0.2) is 57.7 Å². The molecule has 0 aliphatic heterocycles. The van der Waals surface area contributed by atoms with Crippen molar-refractivity contribution in [2.75, 3.05) is 40.9 Å². The van der Waals surface area contributed by atoms with E-state index in [1.807, 2.05) is 18.2 Å². The number of amides is 1. The Morgan fingerprint density at radius 2 is 2.00 bits per heavy atom. The molecule has 0 fully saturated rings. The lowest BCUT2D eigenvalue weighted by molar-refractivity contribution is -0.127. The molecule has 0 aliphatic rings. The highest BCUT2D eigenvalue weighted by Gasteiger charge is 2.09. The van der Waals surface area contributed by atoms with E-state index in [-0.39, 0.29) is 18.5 Å². The Labute approximate surface area is 132 Å². The second-order valence-corrected chi connectivity index (χ2v) is 5.15. The van der Waals surface area contributed by atoms with Crippen LogP contribution >= 0.6 is 0 Å². The van der Waals surface area contributed by atoms with Crippen LogP contribution in [-0.2, 0) is 9.53 Å². The Bertz CT molecular complexity index is 474. The molecule has 0 radical (unpaired) electrons. The van der Waals surface area contributed by atoms with Crippen LogP contribution in [0.1, 0.15) is 18.5 Å². The maximum atomic E-state index is 11.7. The number of benzene rings is 1. The van der Waals surface area contributed by atoms with Crippen molar-refractivity contribution in [2.45, 2.75) is 13.0 Å². The van der Waals surface area contributed by atoms with E-state index in [1.165, 1.54) is 4.90 Å². The predicted octanol–water partition coefficient (Wildman–Crippen LogP) is 1.02. The van der Waals surface area contributed by atoms with Gasteiger partial charge in [0.05, 0.1) is 12.6 Å². The smallest absolute Gasteiger partial charge is 0.243 e. The minimum absolute atomic E-state index is 0.0415. The van der Waals surface area contributed by atoms with Gasteiger partial charge in [0.15, 0.2) is 5.96 Å². The molecule has 6 heteroatoms. The minimum atomic E-state index is -0.0415. The number of methoxy groups -OCH3 is 1. The first-order valence-electron chi connectivity index (χ1n) is 7.33. The zero-order valence-electron chi connectivity index (χ0n) is 13.8. The van der Waals surface area contributed by atoms with E-state index >= 15 is 0 Å². The minimum Gasteiger partial charge on any atom is -0.383 e. The zero-order chi connectivity index (χ0) is 16.4. The van der Waals surface area contributed by atoms with Gasteiger partial charge in [-0.2, -0.15) is 0 Å². The third-order valence-electron chi connectivity index (χ3n) is 3.12. The lowest BCUT2D eigenvalue weighted by Crippen LogP contribution is -2.41. The molecule has 0 spiro atoms. The summed E-state index contributed by atoms with van der Waals surface area (Å²) in [4.78, 5) is 17.5. The number of guanidine groups is 1. The Morgan fingerprint density at radius 1 is 1.32 bits per heavy atom. The molecule has 1 amide bonds. The molecule has 122 valence electrons. The van der Waals surface area contributed by atoms with Gasteiger partial charge in [0.2, 0.25) is 5.91 Å². The van der Waals surface area contributed by atoms with Gasteiger partial charge in [0, 0.05) is 27.7 Å². The van der Waals surface area contributed by atoms with Gasteiger partial charge in [-0.3, -0.25) is 4.79 Å². The van der Waals surface area contributed by atoms with Gasteiger partial charge in [-0.1, -0.05) is 30.3 Å². The highest BCUT2D eigenvalue weighted by Crippen LogP contribution is 2.10. The van der Waals surface area contributed by atoms with Crippen molar-refractivity contribution >= 4 is 11.9 Å². The van der Waals surface area contributed by atoms with Crippen molar-refractivity contribution in [3.63, 3.8) is 0 Å². The Hall–Kier alpha value is -2.08. The molecule has 1 atom stereocenters. The molecule has 1 rings (SSSR count). The van der Waals surface area contributed by atoms with E-state index in [0.717, 1.165) is 5.56 Å². The summed E-state index contributed by atoms with van der Waals surface area (Å²) in [5.74, 6) is 0.559. The number of hydrogen-bond acceptors (Lipinski definition) is 3. The number of hydrogen-bond donors (Lipinski definition) is 2. The van der Waals surface area contributed by atoms with Gasteiger partial charge in [-0.25, -0.2) is 4.99 Å². The summed E-state index contributed by atoms with van der Waals surface area (Å²) in [5, 5.41) is 6.46. The highest BCUT2D eigenvalue weighted by atomic mass is 16.5. The molecule has 0 aliphatic carbocycles. The standard InChI is InChI=1S/C16H26N4O2/c1-13(14-8-6-5-7-9-14)19-16(17-10-11-22-4)18-12-15(21)20(2)3/h5-9,13H,10-12H2,1-4H3,(H2,17,18,19). The fraction of sp³-hybridized carbons (Fsp3) is 0.500. The molecule has 1 aromatic rings. The van der Waals surface area contributed by atoms with E-state index in [0.29, 0.717) is 19.1 Å². The van der Waals surface area contributed by atoms with Gasteiger partial charge in [0.25, 0.3) is 0 Å². The quantitative estimate of drug-likeness (QED) is 0.448. The summed E-state index contributed by atoms with van der Waals surface area (Å²) in [6.45, 7) is 3.36. The van der Waals surface area contributed by atoms with Gasteiger partial charge in [-0.05, 0) is 12.5 Å². The van der Waals surface area contributed by atoms with Crippen LogP contribution in [0, 0.1) is 0 Å². The van der Waals surface area contributed by atoms with Gasteiger partial charge in [-0.15, -0.1) is 0 Å². The Balaban J connectivity index is 2.68. The van der Waals surface area contributed by atoms with Crippen LogP contribution < -0.4 is 10.6 Å². The van der Waals surface area contributed by atoms with Crippen LogP contribution in [0.4, 0.5) is 0 Å². The molecule has 0 aromatic heterocycles. The monoisotopic (exact) mass is 306 g/mol. The topological polar surface area (TPSA) is 66.0 Å². The van der Waals surface area contributed by atoms with Crippen molar-refractivity contribution in [3.8, 4) is 0 Å². The molecular weight excluding hydrogens is 280 g/mol. The summed E-state index contributed by atoms with van der Waals surface area (Å²) >= 11 is 0. The van der Waals surface area contributed by atoms with Crippen LogP contribution in [0.5, 0.6) is 0 Å². The number of likely N-dealkylation sites (N-methyl/N-ethyl adjacent to an activating group) is 1. The molecule has 0 saturated heterocycles. The fourth-order valence-corrected chi connectivity index (χ4v) is 1.74. The average Bonchev–Trinajstić information content (AvgIpc) is 2.52. The van der Waals surface area contributed by atoms with Crippen molar-refractivity contribution in [2.24, 2.45) is 4.99 Å².